The minimum absolute atomic E-state index is 0.0602. The Labute approximate surface area is 151 Å². The molecular weight excluding hydrogens is 340 g/mol. The summed E-state index contributed by atoms with van der Waals surface area (Å²) in [5.41, 5.74) is 3.49. The Hall–Kier alpha value is -2.38. The Morgan fingerprint density at radius 2 is 2.24 bits per heavy atom. The van der Waals surface area contributed by atoms with Crippen LogP contribution in [0.1, 0.15) is 11.5 Å². The fourth-order valence-electron chi connectivity index (χ4n) is 2.59. The van der Waals surface area contributed by atoms with Gasteiger partial charge < -0.3 is 10.3 Å². The summed E-state index contributed by atoms with van der Waals surface area (Å²) in [7, 11) is 3.76. The normalized spacial score (nSPS) is 11.4. The zero-order valence-corrected chi connectivity index (χ0v) is 15.3. The molecule has 2 aromatic heterocycles. The van der Waals surface area contributed by atoms with Gasteiger partial charge in [0.15, 0.2) is 0 Å². The molecule has 8 heteroatoms. The molecule has 0 radical (unpaired) electrons. The predicted molar refractivity (Wildman–Crippen MR) is 98.9 cm³/mol. The van der Waals surface area contributed by atoms with E-state index in [4.69, 9.17) is 11.6 Å². The fourth-order valence-corrected chi connectivity index (χ4v) is 2.76. The molecule has 0 spiro atoms. The zero-order valence-electron chi connectivity index (χ0n) is 14.5. The highest BCUT2D eigenvalue weighted by molar-refractivity contribution is 6.31. The van der Waals surface area contributed by atoms with Gasteiger partial charge in [0.05, 0.1) is 35.2 Å². The summed E-state index contributed by atoms with van der Waals surface area (Å²) in [5, 5.41) is 7.69. The Morgan fingerprint density at radius 3 is 2.96 bits per heavy atom. The maximum absolute atomic E-state index is 12.1. The maximum Gasteiger partial charge on any atom is 0.238 e. The molecule has 25 heavy (non-hydrogen) atoms. The number of rotatable bonds is 6. The molecule has 3 rings (SSSR count). The molecule has 132 valence electrons. The molecule has 3 aromatic rings. The van der Waals surface area contributed by atoms with E-state index >= 15 is 0 Å². The smallest absolute Gasteiger partial charge is 0.238 e. The van der Waals surface area contributed by atoms with Gasteiger partial charge in [0, 0.05) is 25.0 Å². The molecule has 1 amide bonds. The van der Waals surface area contributed by atoms with E-state index in [2.05, 4.69) is 20.4 Å². The molecule has 0 atom stereocenters. The lowest BCUT2D eigenvalue weighted by atomic mass is 10.3. The molecule has 2 N–H and O–H groups in total. The van der Waals surface area contributed by atoms with Crippen LogP contribution in [-0.4, -0.2) is 50.7 Å². The van der Waals surface area contributed by atoms with E-state index in [1.54, 1.807) is 10.9 Å². The Morgan fingerprint density at radius 1 is 1.44 bits per heavy atom. The number of fused-ring (bicyclic) bond motifs is 1. The van der Waals surface area contributed by atoms with E-state index in [9.17, 15) is 4.79 Å². The van der Waals surface area contributed by atoms with Crippen LogP contribution < -0.4 is 5.32 Å². The minimum atomic E-state index is -0.0602. The summed E-state index contributed by atoms with van der Waals surface area (Å²) in [4.78, 5) is 21.9. The van der Waals surface area contributed by atoms with Crippen molar-refractivity contribution in [1.82, 2.24) is 24.6 Å². The van der Waals surface area contributed by atoms with E-state index in [-0.39, 0.29) is 5.91 Å². The highest BCUT2D eigenvalue weighted by atomic mass is 35.5. The number of halogens is 1. The Balaban J connectivity index is 1.52. The number of anilines is 1. The van der Waals surface area contributed by atoms with E-state index in [1.807, 2.05) is 44.1 Å². The van der Waals surface area contributed by atoms with Crippen molar-refractivity contribution < 1.29 is 4.79 Å². The lowest BCUT2D eigenvalue weighted by Gasteiger charge is -2.15. The Kier molecular flexibility index (Phi) is 5.06. The number of nitrogens with zero attached hydrogens (tertiary/aromatic N) is 4. The molecule has 0 aliphatic heterocycles. The van der Waals surface area contributed by atoms with Gasteiger partial charge in [0.1, 0.15) is 5.82 Å². The second-order valence-electron chi connectivity index (χ2n) is 6.15. The standard InChI is InChI=1S/C17H21ClN6O/c1-11-15(9-19-24(11)3)22-17(25)10-23(2)7-6-16-20-13-5-4-12(18)8-14(13)21-16/h4-5,8-9H,6-7,10H2,1-3H3,(H,20,21)(H,22,25). The first-order chi connectivity index (χ1) is 11.9. The number of nitrogens with one attached hydrogen (secondary N) is 2. The lowest BCUT2D eigenvalue weighted by Crippen LogP contribution is -2.31. The summed E-state index contributed by atoms with van der Waals surface area (Å²) in [6, 6.07) is 5.58. The van der Waals surface area contributed by atoms with Crippen LogP contribution in [0.5, 0.6) is 0 Å². The monoisotopic (exact) mass is 360 g/mol. The van der Waals surface area contributed by atoms with Gasteiger partial charge in [-0.1, -0.05) is 11.6 Å². The van der Waals surface area contributed by atoms with E-state index in [0.717, 1.165) is 34.7 Å². The highest BCUT2D eigenvalue weighted by Crippen LogP contribution is 2.17. The van der Waals surface area contributed by atoms with Crippen molar-refractivity contribution in [3.8, 4) is 0 Å². The van der Waals surface area contributed by atoms with Gasteiger partial charge in [-0.3, -0.25) is 14.4 Å². The number of aromatic nitrogens is 4. The van der Waals surface area contributed by atoms with Crippen molar-refractivity contribution in [3.63, 3.8) is 0 Å². The SMILES string of the molecule is Cc1c(NC(=O)CN(C)CCc2nc3ccc(Cl)cc3[nH]2)cnn1C. The number of amides is 1. The van der Waals surface area contributed by atoms with Crippen LogP contribution in [-0.2, 0) is 18.3 Å². The van der Waals surface area contributed by atoms with Crippen LogP contribution in [0.2, 0.25) is 5.02 Å². The van der Waals surface area contributed by atoms with Crippen LogP contribution in [0.3, 0.4) is 0 Å². The first kappa shape index (κ1) is 17.4. The molecule has 0 aliphatic carbocycles. The number of hydrogen-bond donors (Lipinski definition) is 2. The summed E-state index contributed by atoms with van der Waals surface area (Å²) in [6.45, 7) is 2.94. The summed E-state index contributed by atoms with van der Waals surface area (Å²) < 4.78 is 1.73. The van der Waals surface area contributed by atoms with Gasteiger partial charge in [0.2, 0.25) is 5.91 Å². The maximum atomic E-state index is 12.1. The molecular formula is C17H21ClN6O. The largest absolute Gasteiger partial charge is 0.342 e. The highest BCUT2D eigenvalue weighted by Gasteiger charge is 2.11. The van der Waals surface area contributed by atoms with Gasteiger partial charge in [-0.2, -0.15) is 5.10 Å². The molecule has 7 nitrogen and oxygen atoms in total. The van der Waals surface area contributed by atoms with Crippen molar-refractivity contribution in [1.29, 1.82) is 0 Å². The van der Waals surface area contributed by atoms with Crippen LogP contribution in [0, 0.1) is 6.92 Å². The van der Waals surface area contributed by atoms with E-state index in [1.165, 1.54) is 0 Å². The fraction of sp³-hybridized carbons (Fsp3) is 0.353. The zero-order chi connectivity index (χ0) is 18.0. The third-order valence-corrected chi connectivity index (χ3v) is 4.38. The lowest BCUT2D eigenvalue weighted by molar-refractivity contribution is -0.117. The average Bonchev–Trinajstić information content (AvgIpc) is 3.10. The molecule has 0 bridgehead atoms. The third-order valence-electron chi connectivity index (χ3n) is 4.15. The molecule has 0 saturated carbocycles. The van der Waals surface area contributed by atoms with Gasteiger partial charge in [-0.15, -0.1) is 0 Å². The summed E-state index contributed by atoms with van der Waals surface area (Å²) >= 11 is 5.99. The second-order valence-corrected chi connectivity index (χ2v) is 6.58. The van der Waals surface area contributed by atoms with Crippen molar-refractivity contribution in [2.24, 2.45) is 7.05 Å². The van der Waals surface area contributed by atoms with Gasteiger partial charge in [-0.05, 0) is 32.2 Å². The van der Waals surface area contributed by atoms with Gasteiger partial charge >= 0.3 is 0 Å². The van der Waals surface area contributed by atoms with Crippen molar-refractivity contribution in [3.05, 3.63) is 40.9 Å². The number of benzene rings is 1. The van der Waals surface area contributed by atoms with Gasteiger partial charge in [0.25, 0.3) is 0 Å². The van der Waals surface area contributed by atoms with Crippen LogP contribution >= 0.6 is 11.6 Å². The summed E-state index contributed by atoms with van der Waals surface area (Å²) in [6.07, 6.45) is 2.38. The number of hydrogen-bond acceptors (Lipinski definition) is 4. The van der Waals surface area contributed by atoms with Crippen LogP contribution in [0.4, 0.5) is 5.69 Å². The predicted octanol–water partition coefficient (Wildman–Crippen LogP) is 2.37. The number of carbonyl (C=O) groups excluding carboxylic acids is 1. The number of aromatic amines is 1. The van der Waals surface area contributed by atoms with Crippen molar-refractivity contribution >= 4 is 34.2 Å². The van der Waals surface area contributed by atoms with E-state index < -0.39 is 0 Å². The molecule has 0 aliphatic rings. The number of aryl methyl sites for hydroxylation is 1. The number of likely N-dealkylation sites (N-methyl/N-ethyl adjacent to an activating group) is 1. The minimum Gasteiger partial charge on any atom is -0.342 e. The first-order valence-corrected chi connectivity index (χ1v) is 8.41. The number of carbonyl (C=O) groups is 1. The second kappa shape index (κ2) is 7.25. The number of imidazole rings is 1. The van der Waals surface area contributed by atoms with Crippen molar-refractivity contribution in [2.75, 3.05) is 25.5 Å². The molecule has 1 aromatic carbocycles. The summed E-state index contributed by atoms with van der Waals surface area (Å²) in [5.74, 6) is 0.822. The molecule has 0 unspecified atom stereocenters. The third kappa shape index (κ3) is 4.18. The molecule has 0 fully saturated rings. The quantitative estimate of drug-likeness (QED) is 0.707. The van der Waals surface area contributed by atoms with E-state index in [0.29, 0.717) is 18.1 Å². The van der Waals surface area contributed by atoms with Crippen molar-refractivity contribution in [2.45, 2.75) is 13.3 Å². The molecule has 2 heterocycles. The Bertz CT molecular complexity index is 900. The topological polar surface area (TPSA) is 78.8 Å². The molecule has 0 saturated heterocycles. The van der Waals surface area contributed by atoms with Gasteiger partial charge in [-0.25, -0.2) is 4.98 Å². The first-order valence-electron chi connectivity index (χ1n) is 8.03. The number of H-pyrrole nitrogens is 1. The van der Waals surface area contributed by atoms with Crippen LogP contribution in [0.25, 0.3) is 11.0 Å². The average molecular weight is 361 g/mol. The van der Waals surface area contributed by atoms with Crippen LogP contribution in [0.15, 0.2) is 24.4 Å².